The van der Waals surface area contributed by atoms with Gasteiger partial charge in [-0.25, -0.2) is 24.7 Å². The lowest BCUT2D eigenvalue weighted by Crippen LogP contribution is -2.14. The predicted molar refractivity (Wildman–Crippen MR) is 150 cm³/mol. The minimum Gasteiger partial charge on any atom is -0.471 e. The van der Waals surface area contributed by atoms with Gasteiger partial charge in [0, 0.05) is 42.8 Å². The van der Waals surface area contributed by atoms with Crippen molar-refractivity contribution in [2.24, 2.45) is 0 Å². The van der Waals surface area contributed by atoms with Crippen LogP contribution in [0.4, 0.5) is 11.6 Å². The second-order valence-electron chi connectivity index (χ2n) is 9.97. The summed E-state index contributed by atoms with van der Waals surface area (Å²) in [7, 11) is 0. The first-order valence-electron chi connectivity index (χ1n) is 13.3. The molecular formula is C29H30N8O3. The first kappa shape index (κ1) is 25.5. The van der Waals surface area contributed by atoms with E-state index in [-0.39, 0.29) is 24.9 Å². The minimum atomic E-state index is -0.624. The van der Waals surface area contributed by atoms with Crippen LogP contribution in [0.2, 0.25) is 0 Å². The van der Waals surface area contributed by atoms with Crippen molar-refractivity contribution < 1.29 is 14.3 Å². The number of hydrogen-bond acceptors (Lipinski definition) is 10. The third kappa shape index (κ3) is 5.09. The number of esters is 1. The van der Waals surface area contributed by atoms with Gasteiger partial charge in [-0.2, -0.15) is 4.98 Å². The molecule has 204 valence electrons. The molecule has 4 aromatic heterocycles. The number of rotatable bonds is 9. The number of aromatic nitrogens is 6. The molecule has 5 aromatic rings. The van der Waals surface area contributed by atoms with Crippen molar-refractivity contribution in [3.8, 4) is 5.88 Å². The third-order valence-corrected chi connectivity index (χ3v) is 7.12. The summed E-state index contributed by atoms with van der Waals surface area (Å²) in [4.78, 5) is 34.4. The first-order chi connectivity index (χ1) is 19.4. The number of anilines is 2. The molecule has 1 aliphatic rings. The lowest BCUT2D eigenvalue weighted by molar-refractivity contribution is 0.0510. The van der Waals surface area contributed by atoms with Gasteiger partial charge in [0.1, 0.15) is 18.2 Å². The number of nitrogens with two attached hydrogens (primary N) is 1. The van der Waals surface area contributed by atoms with Gasteiger partial charge in [-0.15, -0.1) is 0 Å². The van der Waals surface area contributed by atoms with E-state index < -0.39 is 5.97 Å². The summed E-state index contributed by atoms with van der Waals surface area (Å²) in [6.45, 7) is 6.65. The monoisotopic (exact) mass is 538 g/mol. The fraction of sp³-hybridized carbons (Fsp3) is 0.310. The number of carbonyl (C=O) groups excluding carboxylic acids is 1. The minimum absolute atomic E-state index is 0.0848. The van der Waals surface area contributed by atoms with Crippen LogP contribution < -0.4 is 15.8 Å². The molecule has 1 aliphatic carbocycles. The molecule has 0 radical (unpaired) electrons. The number of pyridine rings is 1. The first-order valence-corrected chi connectivity index (χ1v) is 13.3. The summed E-state index contributed by atoms with van der Waals surface area (Å²) >= 11 is 0. The Morgan fingerprint density at radius 2 is 1.98 bits per heavy atom. The van der Waals surface area contributed by atoms with Crippen molar-refractivity contribution in [3.05, 3.63) is 76.8 Å². The predicted octanol–water partition coefficient (Wildman–Crippen LogP) is 4.51. The van der Waals surface area contributed by atoms with Gasteiger partial charge in [-0.3, -0.25) is 4.40 Å². The van der Waals surface area contributed by atoms with Crippen molar-refractivity contribution in [2.45, 2.75) is 52.7 Å². The summed E-state index contributed by atoms with van der Waals surface area (Å²) in [6.07, 6.45) is 9.98. The Balaban J connectivity index is 1.24. The maximum absolute atomic E-state index is 12.5. The molecule has 1 aromatic carbocycles. The van der Waals surface area contributed by atoms with Crippen LogP contribution in [-0.2, 0) is 17.9 Å². The zero-order valence-corrected chi connectivity index (χ0v) is 22.6. The fourth-order valence-electron chi connectivity index (χ4n) is 4.85. The molecule has 0 spiro atoms. The number of carbonyl (C=O) groups is 1. The molecule has 0 aliphatic heterocycles. The molecule has 11 heteroatoms. The van der Waals surface area contributed by atoms with Crippen LogP contribution in [0.25, 0.3) is 16.6 Å². The van der Waals surface area contributed by atoms with Crippen LogP contribution >= 0.6 is 0 Å². The Morgan fingerprint density at radius 1 is 1.12 bits per heavy atom. The van der Waals surface area contributed by atoms with Crippen LogP contribution in [0.15, 0.2) is 43.0 Å². The Morgan fingerprint density at radius 3 is 2.77 bits per heavy atom. The van der Waals surface area contributed by atoms with E-state index in [2.05, 4.69) is 43.4 Å². The van der Waals surface area contributed by atoms with Gasteiger partial charge >= 0.3 is 5.97 Å². The molecule has 3 N–H and O–H groups in total. The normalized spacial score (nSPS) is 13.1. The van der Waals surface area contributed by atoms with E-state index >= 15 is 0 Å². The summed E-state index contributed by atoms with van der Waals surface area (Å²) in [6, 6.07) is 5.66. The SMILES string of the molecule is CCOC(=O)c1nc(NCc2c(C)cc3c(N)nccc3c2C)cc(OCc2cn3cc(C4CC4)cnc3n2)n1. The molecule has 0 amide bonds. The largest absolute Gasteiger partial charge is 0.471 e. The summed E-state index contributed by atoms with van der Waals surface area (Å²) in [5.41, 5.74) is 11.3. The maximum Gasteiger partial charge on any atom is 0.376 e. The van der Waals surface area contributed by atoms with Crippen molar-refractivity contribution in [3.63, 3.8) is 0 Å². The standard InChI is InChI=1S/C29H30N8O3/c1-4-39-28(38)27-35-24(32-12-23-16(2)9-22-21(17(23)3)7-8-31-26(22)30)10-25(36-27)40-15-20-14-37-13-19(18-5-6-18)11-33-29(37)34-20/h7-11,13-14,18H,4-6,12,15H2,1-3H3,(H2,30,31)(H,32,35,36). The van der Waals surface area contributed by atoms with Crippen molar-refractivity contribution in [2.75, 3.05) is 17.7 Å². The van der Waals surface area contributed by atoms with Gasteiger partial charge in [0.15, 0.2) is 0 Å². The van der Waals surface area contributed by atoms with Gasteiger partial charge in [0.2, 0.25) is 17.5 Å². The van der Waals surface area contributed by atoms with Gasteiger partial charge in [0.05, 0.1) is 12.3 Å². The molecule has 0 atom stereocenters. The topological polar surface area (TPSA) is 142 Å². The van der Waals surface area contributed by atoms with E-state index in [1.54, 1.807) is 19.2 Å². The van der Waals surface area contributed by atoms with E-state index in [4.69, 9.17) is 15.2 Å². The number of fused-ring (bicyclic) bond motifs is 2. The van der Waals surface area contributed by atoms with E-state index in [9.17, 15) is 4.79 Å². The van der Waals surface area contributed by atoms with Crippen LogP contribution in [0.5, 0.6) is 5.88 Å². The van der Waals surface area contributed by atoms with E-state index in [0.29, 0.717) is 35.6 Å². The number of aryl methyl sites for hydroxylation is 2. The van der Waals surface area contributed by atoms with Gasteiger partial charge in [-0.1, -0.05) is 0 Å². The zero-order chi connectivity index (χ0) is 27.8. The van der Waals surface area contributed by atoms with E-state index in [1.807, 2.05) is 35.9 Å². The average Bonchev–Trinajstić information content (AvgIpc) is 3.71. The van der Waals surface area contributed by atoms with E-state index in [0.717, 1.165) is 27.5 Å². The molecule has 11 nitrogen and oxygen atoms in total. The Labute approximate surface area is 230 Å². The Kier molecular flexibility index (Phi) is 6.63. The molecule has 40 heavy (non-hydrogen) atoms. The number of hydrogen-bond donors (Lipinski definition) is 2. The lowest BCUT2D eigenvalue weighted by Gasteiger charge is -2.16. The molecule has 1 fully saturated rings. The maximum atomic E-state index is 12.5. The number of benzene rings is 1. The highest BCUT2D eigenvalue weighted by Gasteiger charge is 2.24. The van der Waals surface area contributed by atoms with E-state index in [1.165, 1.54) is 18.4 Å². The molecule has 4 heterocycles. The summed E-state index contributed by atoms with van der Waals surface area (Å²) in [5, 5.41) is 5.29. The smallest absolute Gasteiger partial charge is 0.376 e. The second-order valence-corrected chi connectivity index (χ2v) is 9.97. The lowest BCUT2D eigenvalue weighted by atomic mass is 9.96. The van der Waals surface area contributed by atoms with Crippen LogP contribution in [0, 0.1) is 13.8 Å². The Hall–Kier alpha value is -4.80. The number of ether oxygens (including phenoxy) is 2. The quantitative estimate of drug-likeness (QED) is 0.257. The van der Waals surface area contributed by atoms with Crippen molar-refractivity contribution in [1.82, 2.24) is 29.3 Å². The highest BCUT2D eigenvalue weighted by Crippen LogP contribution is 2.39. The third-order valence-electron chi connectivity index (χ3n) is 7.12. The van der Waals surface area contributed by atoms with Gasteiger partial charge < -0.3 is 20.5 Å². The highest BCUT2D eigenvalue weighted by atomic mass is 16.5. The average molecular weight is 539 g/mol. The number of nitrogens with zero attached hydrogens (tertiary/aromatic N) is 6. The second kappa shape index (κ2) is 10.4. The van der Waals surface area contributed by atoms with Gasteiger partial charge in [-0.05, 0) is 79.3 Å². The number of nitrogen functional groups attached to an aromatic ring is 1. The highest BCUT2D eigenvalue weighted by molar-refractivity contribution is 5.94. The molecule has 0 saturated heterocycles. The van der Waals surface area contributed by atoms with Crippen LogP contribution in [0.3, 0.4) is 0 Å². The summed E-state index contributed by atoms with van der Waals surface area (Å²) < 4.78 is 13.0. The van der Waals surface area contributed by atoms with Crippen molar-refractivity contribution >= 4 is 34.2 Å². The molecular weight excluding hydrogens is 508 g/mol. The number of nitrogens with one attached hydrogen (secondary N) is 1. The summed E-state index contributed by atoms with van der Waals surface area (Å²) in [5.74, 6) is 1.68. The van der Waals surface area contributed by atoms with Crippen LogP contribution in [0.1, 0.15) is 64.2 Å². The Bertz CT molecular complexity index is 1750. The number of imidazole rings is 1. The van der Waals surface area contributed by atoms with Gasteiger partial charge in [0.25, 0.3) is 0 Å². The van der Waals surface area contributed by atoms with Crippen molar-refractivity contribution in [1.29, 1.82) is 0 Å². The zero-order valence-electron chi connectivity index (χ0n) is 22.6. The molecule has 0 bridgehead atoms. The van der Waals surface area contributed by atoms with Crippen LogP contribution in [-0.4, -0.2) is 41.9 Å². The fourth-order valence-corrected chi connectivity index (χ4v) is 4.85. The molecule has 6 rings (SSSR count). The molecule has 0 unspecified atom stereocenters. The molecule has 1 saturated carbocycles.